The van der Waals surface area contributed by atoms with Gasteiger partial charge in [-0.2, -0.15) is 13.2 Å². The monoisotopic (exact) mass is 440 g/mol. The third kappa shape index (κ3) is 5.37. The van der Waals surface area contributed by atoms with Crippen LogP contribution in [0.1, 0.15) is 43.1 Å². The molecule has 27 heavy (non-hydrogen) atoms. The van der Waals surface area contributed by atoms with Crippen LogP contribution in [0.4, 0.5) is 17.6 Å². The van der Waals surface area contributed by atoms with Gasteiger partial charge in [-0.25, -0.2) is 18.3 Å². The number of nitrogens with one attached hydrogen (secondary N) is 1. The molecule has 2 atom stereocenters. The van der Waals surface area contributed by atoms with Gasteiger partial charge in [0.25, 0.3) is 0 Å². The van der Waals surface area contributed by atoms with Gasteiger partial charge in [0.2, 0.25) is 0 Å². The Morgan fingerprint density at radius 3 is 2.48 bits per heavy atom. The van der Waals surface area contributed by atoms with Gasteiger partial charge in [-0.1, -0.05) is 24.2 Å². The highest BCUT2D eigenvalue weighted by atomic mass is 35.5. The van der Waals surface area contributed by atoms with E-state index in [1.54, 1.807) is 20.8 Å². The molecule has 0 saturated heterocycles. The molecular formula is C17H17ClF4N2OS2. The molecular weight excluding hydrogens is 424 g/mol. The van der Waals surface area contributed by atoms with E-state index in [-0.39, 0.29) is 15.7 Å². The normalized spacial score (nSPS) is 14.8. The molecule has 2 aromatic rings. The van der Waals surface area contributed by atoms with Crippen molar-refractivity contribution in [1.82, 2.24) is 9.71 Å². The van der Waals surface area contributed by atoms with Crippen LogP contribution >= 0.6 is 22.9 Å². The van der Waals surface area contributed by atoms with Crippen molar-refractivity contribution < 1.29 is 21.8 Å². The van der Waals surface area contributed by atoms with Crippen LogP contribution in [-0.4, -0.2) is 20.1 Å². The van der Waals surface area contributed by atoms with Crippen LogP contribution in [0.25, 0.3) is 5.57 Å². The SMILES string of the molecule is C=C(c1nc(C(NS(=O)C(C)(C)C)c2ccc(F)c(Cl)c2)cs1)C(F)(F)F. The van der Waals surface area contributed by atoms with Crippen molar-refractivity contribution in [3.05, 3.63) is 57.3 Å². The average Bonchev–Trinajstić information content (AvgIpc) is 3.02. The largest absolute Gasteiger partial charge is 0.418 e. The second kappa shape index (κ2) is 7.98. The fourth-order valence-electron chi connectivity index (χ4n) is 1.95. The van der Waals surface area contributed by atoms with E-state index in [2.05, 4.69) is 16.3 Å². The Labute approximate surface area is 166 Å². The molecule has 1 heterocycles. The number of thiazole rings is 1. The van der Waals surface area contributed by atoms with E-state index in [0.717, 1.165) is 17.4 Å². The van der Waals surface area contributed by atoms with Crippen molar-refractivity contribution in [2.75, 3.05) is 0 Å². The molecule has 0 spiro atoms. The summed E-state index contributed by atoms with van der Waals surface area (Å²) in [6, 6.07) is 3.03. The lowest BCUT2D eigenvalue weighted by Gasteiger charge is -2.24. The molecule has 0 fully saturated rings. The zero-order valence-electron chi connectivity index (χ0n) is 14.7. The van der Waals surface area contributed by atoms with E-state index in [1.807, 2.05) is 0 Å². The first-order valence-electron chi connectivity index (χ1n) is 7.65. The molecule has 0 amide bonds. The third-order valence-electron chi connectivity index (χ3n) is 3.48. The minimum absolute atomic E-state index is 0.156. The third-order valence-corrected chi connectivity index (χ3v) is 6.25. The number of hydrogen-bond acceptors (Lipinski definition) is 3. The first kappa shape index (κ1) is 22.0. The first-order chi connectivity index (χ1) is 12.3. The van der Waals surface area contributed by atoms with Crippen molar-refractivity contribution in [2.45, 2.75) is 37.7 Å². The molecule has 148 valence electrons. The Hall–Kier alpha value is -1.29. The van der Waals surface area contributed by atoms with E-state index in [9.17, 15) is 21.8 Å². The summed E-state index contributed by atoms with van der Waals surface area (Å²) in [6.45, 7) is 8.26. The Bertz CT molecular complexity index is 875. The van der Waals surface area contributed by atoms with Gasteiger partial charge in [-0.05, 0) is 38.5 Å². The quantitative estimate of drug-likeness (QED) is 0.610. The molecule has 2 unspecified atom stereocenters. The highest BCUT2D eigenvalue weighted by molar-refractivity contribution is 7.84. The molecule has 2 rings (SSSR count). The van der Waals surface area contributed by atoms with Gasteiger partial charge in [0, 0.05) is 5.38 Å². The van der Waals surface area contributed by atoms with E-state index in [4.69, 9.17) is 11.6 Å². The van der Waals surface area contributed by atoms with Crippen LogP contribution in [0, 0.1) is 5.82 Å². The lowest BCUT2D eigenvalue weighted by Crippen LogP contribution is -2.36. The minimum atomic E-state index is -4.61. The predicted molar refractivity (Wildman–Crippen MR) is 101 cm³/mol. The van der Waals surface area contributed by atoms with Gasteiger partial charge in [0.15, 0.2) is 0 Å². The first-order valence-corrected chi connectivity index (χ1v) is 10.1. The predicted octanol–water partition coefficient (Wildman–Crippen LogP) is 5.65. The van der Waals surface area contributed by atoms with Crippen LogP contribution in [0.5, 0.6) is 0 Å². The zero-order chi connectivity index (χ0) is 20.6. The van der Waals surface area contributed by atoms with Crippen molar-refractivity contribution in [3.63, 3.8) is 0 Å². The van der Waals surface area contributed by atoms with E-state index < -0.39 is 39.3 Å². The summed E-state index contributed by atoms with van der Waals surface area (Å²) in [5, 5.41) is 0.969. The van der Waals surface area contributed by atoms with Crippen molar-refractivity contribution in [2.24, 2.45) is 0 Å². The van der Waals surface area contributed by atoms with Gasteiger partial charge in [0.1, 0.15) is 10.8 Å². The summed E-state index contributed by atoms with van der Waals surface area (Å²) in [6.07, 6.45) is -4.61. The molecule has 10 heteroatoms. The van der Waals surface area contributed by atoms with Gasteiger partial charge in [0.05, 0.1) is 38.1 Å². The Morgan fingerprint density at radius 2 is 1.96 bits per heavy atom. The van der Waals surface area contributed by atoms with Gasteiger partial charge < -0.3 is 0 Å². The number of halogens is 5. The topological polar surface area (TPSA) is 42.0 Å². The Kier molecular flexibility index (Phi) is 6.51. The second-order valence-corrected chi connectivity index (χ2v) is 9.92. The molecule has 1 aromatic heterocycles. The van der Waals surface area contributed by atoms with E-state index >= 15 is 0 Å². The summed E-state index contributed by atoms with van der Waals surface area (Å²) in [4.78, 5) is 4.01. The van der Waals surface area contributed by atoms with E-state index in [1.165, 1.54) is 17.5 Å². The maximum atomic E-state index is 13.5. The van der Waals surface area contributed by atoms with Gasteiger partial charge in [-0.3, -0.25) is 0 Å². The van der Waals surface area contributed by atoms with Gasteiger partial charge in [-0.15, -0.1) is 11.3 Å². The number of rotatable bonds is 5. The van der Waals surface area contributed by atoms with Crippen LogP contribution in [0.15, 0.2) is 30.2 Å². The number of hydrogen-bond donors (Lipinski definition) is 1. The molecule has 0 aliphatic carbocycles. The molecule has 1 aromatic carbocycles. The smallest absolute Gasteiger partial charge is 0.242 e. The average molecular weight is 441 g/mol. The number of nitrogens with zero attached hydrogens (tertiary/aromatic N) is 1. The molecule has 0 aliphatic rings. The highest BCUT2D eigenvalue weighted by Gasteiger charge is 2.35. The lowest BCUT2D eigenvalue weighted by atomic mass is 10.1. The molecule has 0 radical (unpaired) electrons. The van der Waals surface area contributed by atoms with Crippen LogP contribution in [0.2, 0.25) is 5.02 Å². The fourth-order valence-corrected chi connectivity index (χ4v) is 3.80. The molecule has 3 nitrogen and oxygen atoms in total. The molecule has 0 aliphatic heterocycles. The summed E-state index contributed by atoms with van der Waals surface area (Å²) < 4.78 is 66.9. The number of allylic oxidation sites excluding steroid dienone is 1. The zero-order valence-corrected chi connectivity index (χ0v) is 17.0. The van der Waals surface area contributed by atoms with Crippen molar-refractivity contribution >= 4 is 39.5 Å². The lowest BCUT2D eigenvalue weighted by molar-refractivity contribution is -0.0686. The summed E-state index contributed by atoms with van der Waals surface area (Å²) in [5.74, 6) is -0.638. The number of aromatic nitrogens is 1. The molecule has 0 saturated carbocycles. The van der Waals surface area contributed by atoms with Crippen LogP contribution in [0.3, 0.4) is 0 Å². The summed E-state index contributed by atoms with van der Waals surface area (Å²) in [7, 11) is -1.57. The van der Waals surface area contributed by atoms with Gasteiger partial charge >= 0.3 is 6.18 Å². The Morgan fingerprint density at radius 1 is 1.33 bits per heavy atom. The van der Waals surface area contributed by atoms with Crippen molar-refractivity contribution in [1.29, 1.82) is 0 Å². The van der Waals surface area contributed by atoms with Crippen molar-refractivity contribution in [3.8, 4) is 0 Å². The van der Waals surface area contributed by atoms with Crippen LogP contribution < -0.4 is 4.72 Å². The second-order valence-electron chi connectivity index (χ2n) is 6.66. The minimum Gasteiger partial charge on any atom is -0.242 e. The fraction of sp³-hybridized carbons (Fsp3) is 0.353. The Balaban J connectivity index is 2.47. The number of alkyl halides is 3. The molecule has 0 bridgehead atoms. The maximum Gasteiger partial charge on any atom is 0.418 e. The summed E-state index contributed by atoms with van der Waals surface area (Å²) >= 11 is 6.60. The maximum absolute atomic E-state index is 13.5. The molecule has 1 N–H and O–H groups in total. The summed E-state index contributed by atoms with van der Waals surface area (Å²) in [5.41, 5.74) is -0.430. The van der Waals surface area contributed by atoms with E-state index in [0.29, 0.717) is 5.56 Å². The van der Waals surface area contributed by atoms with Crippen LogP contribution in [-0.2, 0) is 11.0 Å². The standard InChI is InChI=1S/C17H17ClF4N2OS2/c1-9(17(20,21)22)15-23-13(8-26-15)14(24-27(25)16(2,3)4)10-5-6-12(19)11(18)7-10/h5-8,14,24H,1H2,2-4H3. The number of benzene rings is 1. The highest BCUT2D eigenvalue weighted by Crippen LogP contribution is 2.36.